The Kier molecular flexibility index (Phi) is 9.73. The second-order valence-corrected chi connectivity index (χ2v) is 8.04. The molecule has 0 saturated heterocycles. The lowest BCUT2D eigenvalue weighted by Crippen LogP contribution is -2.48. The molecule has 0 aliphatic carbocycles. The summed E-state index contributed by atoms with van der Waals surface area (Å²) < 4.78 is 0.671. The molecular weight excluding hydrogens is 454 g/mol. The maximum atomic E-state index is 12.6. The standard InChI is InChI=1S/C21H24BrN3O3S/c1-29-14-11-18(25-20(27)16-9-5-6-10-17(16)22)21(28)24-13-12-23-19(26)15-7-3-2-4-8-15/h2-10,18H,11-14H2,1H3,(H,23,26)(H,24,28)(H,25,27). The van der Waals surface area contributed by atoms with Gasteiger partial charge < -0.3 is 16.0 Å². The van der Waals surface area contributed by atoms with Gasteiger partial charge in [0.2, 0.25) is 5.91 Å². The molecule has 0 aliphatic heterocycles. The van der Waals surface area contributed by atoms with Crippen molar-refractivity contribution in [2.45, 2.75) is 12.5 Å². The van der Waals surface area contributed by atoms with E-state index < -0.39 is 6.04 Å². The Balaban J connectivity index is 1.85. The van der Waals surface area contributed by atoms with Crippen LogP contribution in [-0.2, 0) is 4.79 Å². The number of rotatable bonds is 10. The van der Waals surface area contributed by atoms with Gasteiger partial charge in [-0.3, -0.25) is 14.4 Å². The summed E-state index contributed by atoms with van der Waals surface area (Å²) in [4.78, 5) is 37.1. The molecule has 0 bridgehead atoms. The molecule has 2 rings (SSSR count). The highest BCUT2D eigenvalue weighted by Crippen LogP contribution is 2.16. The summed E-state index contributed by atoms with van der Waals surface area (Å²) in [7, 11) is 0. The highest BCUT2D eigenvalue weighted by molar-refractivity contribution is 9.10. The van der Waals surface area contributed by atoms with Crippen LogP contribution in [0.4, 0.5) is 0 Å². The third-order valence-corrected chi connectivity index (χ3v) is 5.43. The summed E-state index contributed by atoms with van der Waals surface area (Å²) in [6.45, 7) is 0.574. The van der Waals surface area contributed by atoms with Gasteiger partial charge in [0.05, 0.1) is 5.56 Å². The molecule has 0 aromatic heterocycles. The van der Waals surface area contributed by atoms with E-state index in [1.807, 2.05) is 18.4 Å². The van der Waals surface area contributed by atoms with Crippen LogP contribution in [0.3, 0.4) is 0 Å². The molecule has 0 fully saturated rings. The van der Waals surface area contributed by atoms with Crippen molar-refractivity contribution < 1.29 is 14.4 Å². The van der Waals surface area contributed by atoms with E-state index in [1.54, 1.807) is 54.2 Å². The van der Waals surface area contributed by atoms with Crippen LogP contribution in [0.1, 0.15) is 27.1 Å². The highest BCUT2D eigenvalue weighted by Gasteiger charge is 2.21. The molecule has 6 nitrogen and oxygen atoms in total. The molecule has 154 valence electrons. The van der Waals surface area contributed by atoms with Crippen LogP contribution >= 0.6 is 27.7 Å². The molecule has 2 aromatic carbocycles. The van der Waals surface area contributed by atoms with Crippen LogP contribution in [0.5, 0.6) is 0 Å². The molecule has 1 atom stereocenters. The molecule has 0 saturated carbocycles. The zero-order chi connectivity index (χ0) is 21.1. The number of halogens is 1. The van der Waals surface area contributed by atoms with Crippen LogP contribution in [0.15, 0.2) is 59.1 Å². The van der Waals surface area contributed by atoms with Crippen molar-refractivity contribution in [3.8, 4) is 0 Å². The number of amides is 3. The molecule has 0 radical (unpaired) electrons. The zero-order valence-electron chi connectivity index (χ0n) is 16.1. The number of thioether (sulfide) groups is 1. The summed E-state index contributed by atoms with van der Waals surface area (Å²) in [5, 5.41) is 8.34. The van der Waals surface area contributed by atoms with Crippen molar-refractivity contribution in [2.24, 2.45) is 0 Å². The minimum absolute atomic E-state index is 0.194. The van der Waals surface area contributed by atoms with Gasteiger partial charge in [0, 0.05) is 23.1 Å². The summed E-state index contributed by atoms with van der Waals surface area (Å²) >= 11 is 4.96. The Hall–Kier alpha value is -2.32. The first-order valence-electron chi connectivity index (χ1n) is 9.18. The van der Waals surface area contributed by atoms with Gasteiger partial charge in [-0.1, -0.05) is 30.3 Å². The smallest absolute Gasteiger partial charge is 0.253 e. The monoisotopic (exact) mass is 477 g/mol. The Morgan fingerprint density at radius 2 is 1.59 bits per heavy atom. The van der Waals surface area contributed by atoms with Gasteiger partial charge in [-0.05, 0) is 58.6 Å². The van der Waals surface area contributed by atoms with Crippen molar-refractivity contribution in [3.63, 3.8) is 0 Å². The van der Waals surface area contributed by atoms with Gasteiger partial charge in [-0.15, -0.1) is 0 Å². The fourth-order valence-electron chi connectivity index (χ4n) is 2.56. The van der Waals surface area contributed by atoms with Crippen molar-refractivity contribution in [2.75, 3.05) is 25.1 Å². The lowest BCUT2D eigenvalue weighted by Gasteiger charge is -2.18. The second-order valence-electron chi connectivity index (χ2n) is 6.20. The van der Waals surface area contributed by atoms with Crippen molar-refractivity contribution in [1.82, 2.24) is 16.0 Å². The molecule has 3 N–H and O–H groups in total. The summed E-state index contributed by atoms with van der Waals surface area (Å²) in [6, 6.07) is 15.3. The van der Waals surface area contributed by atoms with E-state index >= 15 is 0 Å². The fourth-order valence-corrected chi connectivity index (χ4v) is 3.50. The van der Waals surface area contributed by atoms with Crippen molar-refractivity contribution in [3.05, 3.63) is 70.2 Å². The van der Waals surface area contributed by atoms with Crippen molar-refractivity contribution >= 4 is 45.4 Å². The van der Waals surface area contributed by atoms with E-state index in [4.69, 9.17) is 0 Å². The van der Waals surface area contributed by atoms with Gasteiger partial charge in [0.1, 0.15) is 6.04 Å². The molecule has 0 heterocycles. The Morgan fingerprint density at radius 1 is 0.931 bits per heavy atom. The lowest BCUT2D eigenvalue weighted by molar-refractivity contribution is -0.122. The van der Waals surface area contributed by atoms with Crippen LogP contribution in [0.25, 0.3) is 0 Å². The van der Waals surface area contributed by atoms with E-state index in [0.717, 1.165) is 5.75 Å². The van der Waals surface area contributed by atoms with Crippen LogP contribution in [0.2, 0.25) is 0 Å². The highest BCUT2D eigenvalue weighted by atomic mass is 79.9. The van der Waals surface area contributed by atoms with Gasteiger partial charge in [-0.2, -0.15) is 11.8 Å². The second kappa shape index (κ2) is 12.3. The van der Waals surface area contributed by atoms with E-state index in [2.05, 4.69) is 31.9 Å². The van der Waals surface area contributed by atoms with Crippen LogP contribution in [-0.4, -0.2) is 48.9 Å². The van der Waals surface area contributed by atoms with Gasteiger partial charge in [-0.25, -0.2) is 0 Å². The van der Waals surface area contributed by atoms with Gasteiger partial charge >= 0.3 is 0 Å². The third-order valence-electron chi connectivity index (χ3n) is 4.10. The first kappa shape index (κ1) is 23.0. The van der Waals surface area contributed by atoms with E-state index in [-0.39, 0.29) is 24.3 Å². The SMILES string of the molecule is CSCCC(NC(=O)c1ccccc1Br)C(=O)NCCNC(=O)c1ccccc1. The molecule has 1 unspecified atom stereocenters. The van der Waals surface area contributed by atoms with E-state index in [0.29, 0.717) is 28.6 Å². The molecule has 29 heavy (non-hydrogen) atoms. The normalized spacial score (nSPS) is 11.4. The minimum atomic E-state index is -0.646. The topological polar surface area (TPSA) is 87.3 Å². The predicted molar refractivity (Wildman–Crippen MR) is 120 cm³/mol. The molecule has 3 amide bonds. The predicted octanol–water partition coefficient (Wildman–Crippen LogP) is 2.85. The number of carbonyl (C=O) groups is 3. The number of nitrogens with one attached hydrogen (secondary N) is 3. The molecular formula is C21H24BrN3O3S. The average molecular weight is 478 g/mol. The Bertz CT molecular complexity index is 833. The van der Waals surface area contributed by atoms with Gasteiger partial charge in [0.25, 0.3) is 11.8 Å². The maximum Gasteiger partial charge on any atom is 0.253 e. The molecule has 0 aliphatic rings. The quantitative estimate of drug-likeness (QED) is 0.459. The maximum absolute atomic E-state index is 12.6. The summed E-state index contributed by atoms with van der Waals surface area (Å²) in [6.07, 6.45) is 2.46. The number of hydrogen-bond acceptors (Lipinski definition) is 4. The first-order valence-corrected chi connectivity index (χ1v) is 11.4. The first-order chi connectivity index (χ1) is 14.0. The largest absolute Gasteiger partial charge is 0.353 e. The number of hydrogen-bond donors (Lipinski definition) is 3. The number of benzene rings is 2. The molecule has 0 spiro atoms. The Morgan fingerprint density at radius 3 is 2.28 bits per heavy atom. The third kappa shape index (κ3) is 7.55. The lowest BCUT2D eigenvalue weighted by atomic mass is 10.1. The minimum Gasteiger partial charge on any atom is -0.353 e. The van der Waals surface area contributed by atoms with Crippen LogP contribution < -0.4 is 16.0 Å². The van der Waals surface area contributed by atoms with Gasteiger partial charge in [0.15, 0.2) is 0 Å². The fraction of sp³-hybridized carbons (Fsp3) is 0.286. The summed E-state index contributed by atoms with van der Waals surface area (Å²) in [5.74, 6) is -0.0375. The van der Waals surface area contributed by atoms with Crippen molar-refractivity contribution in [1.29, 1.82) is 0 Å². The van der Waals surface area contributed by atoms with Crippen LogP contribution in [0, 0.1) is 0 Å². The van der Waals surface area contributed by atoms with E-state index in [1.165, 1.54) is 0 Å². The Labute approximate surface area is 183 Å². The van der Waals surface area contributed by atoms with E-state index in [9.17, 15) is 14.4 Å². The average Bonchev–Trinajstić information content (AvgIpc) is 2.74. The summed E-state index contributed by atoms with van der Waals surface area (Å²) in [5.41, 5.74) is 1.04. The molecule has 8 heteroatoms. The zero-order valence-corrected chi connectivity index (χ0v) is 18.5. The molecule has 2 aromatic rings. The number of carbonyl (C=O) groups excluding carboxylic acids is 3.